The molecule has 14 heteroatoms. The molecule has 2 aliphatic heterocycles. The van der Waals surface area contributed by atoms with E-state index in [9.17, 15) is 19.5 Å². The predicted molar refractivity (Wildman–Crippen MR) is 169 cm³/mol. The number of rotatable bonds is 7. The van der Waals surface area contributed by atoms with E-state index in [1.54, 1.807) is 51.2 Å². The molecule has 2 aromatic carbocycles. The highest BCUT2D eigenvalue weighted by atomic mass is 19.3. The number of halogens is 3. The molecule has 11 nitrogen and oxygen atoms in total. The number of aromatic nitrogens is 3. The normalized spacial score (nSPS) is 19.3. The number of hydrogen-bond donors (Lipinski definition) is 2. The zero-order chi connectivity index (χ0) is 34.0. The van der Waals surface area contributed by atoms with Crippen LogP contribution < -0.4 is 15.9 Å². The molecule has 4 aromatic rings. The number of benzene rings is 2. The Labute approximate surface area is 267 Å². The van der Waals surface area contributed by atoms with Gasteiger partial charge in [0, 0.05) is 38.3 Å². The third-order valence-electron chi connectivity index (χ3n) is 8.84. The van der Waals surface area contributed by atoms with Crippen LogP contribution in [0.5, 0.6) is 0 Å². The molecular weight excluding hydrogens is 615 g/mol. The number of alkyl halides is 2. The fraction of sp³-hybridized carbons (Fsp3) is 0.364. The van der Waals surface area contributed by atoms with Gasteiger partial charge in [-0.1, -0.05) is 19.1 Å². The Morgan fingerprint density at radius 3 is 2.34 bits per heavy atom. The Balaban J connectivity index is 1.35. The standard InChI is InChI=1S/C33H32F3N7O4/c1-18-16-41(17-26(33(18,35)36)43-29(44)20-8-6-7-9-21(20)30(43)45)28-23(37-4)15-22(34)27(39-28)38-19-10-11-24-25(14-19)42(31(46)40(24)5)13-12-32(2,3)47/h6-11,14-15,18,26,47H,12-13,16-17H2,1-3,5H3,(H,38,39)/t18-,26+/m0/s1. The molecular formula is C33H32F3N7O4. The van der Waals surface area contributed by atoms with E-state index in [-0.39, 0.29) is 47.2 Å². The molecule has 0 bridgehead atoms. The van der Waals surface area contributed by atoms with Crippen molar-refractivity contribution in [3.63, 3.8) is 0 Å². The van der Waals surface area contributed by atoms with E-state index in [4.69, 9.17) is 6.57 Å². The third-order valence-corrected chi connectivity index (χ3v) is 8.84. The first kappa shape index (κ1) is 31.8. The van der Waals surface area contributed by atoms with Crippen LogP contribution in [0.25, 0.3) is 15.9 Å². The van der Waals surface area contributed by atoms with E-state index < -0.39 is 47.7 Å². The van der Waals surface area contributed by atoms with Crippen molar-refractivity contribution >= 4 is 45.9 Å². The molecule has 0 spiro atoms. The summed E-state index contributed by atoms with van der Waals surface area (Å²) in [4.78, 5) is 49.0. The lowest BCUT2D eigenvalue weighted by atomic mass is 9.89. The summed E-state index contributed by atoms with van der Waals surface area (Å²) in [6, 6.07) is 9.92. The second-order valence-electron chi connectivity index (χ2n) is 12.7. The summed E-state index contributed by atoms with van der Waals surface area (Å²) < 4.78 is 49.8. The molecule has 2 N–H and O–H groups in total. The van der Waals surface area contributed by atoms with Crippen molar-refractivity contribution in [3.8, 4) is 0 Å². The summed E-state index contributed by atoms with van der Waals surface area (Å²) >= 11 is 0. The molecule has 6 rings (SSSR count). The molecule has 0 radical (unpaired) electrons. The maximum absolute atomic E-state index is 15.7. The van der Waals surface area contributed by atoms with Crippen LogP contribution in [-0.4, -0.2) is 66.6 Å². The maximum atomic E-state index is 15.7. The van der Waals surface area contributed by atoms with Gasteiger partial charge in [-0.25, -0.2) is 27.8 Å². The summed E-state index contributed by atoms with van der Waals surface area (Å²) in [5, 5.41) is 13.1. The molecule has 1 fully saturated rings. The number of nitrogens with zero attached hydrogens (tertiary/aromatic N) is 6. The van der Waals surface area contributed by atoms with Crippen LogP contribution in [0.3, 0.4) is 0 Å². The highest BCUT2D eigenvalue weighted by molar-refractivity contribution is 6.21. The molecule has 2 amide bonds. The molecule has 0 aliphatic carbocycles. The monoisotopic (exact) mass is 647 g/mol. The lowest BCUT2D eigenvalue weighted by molar-refractivity contribution is -0.111. The minimum absolute atomic E-state index is 0.0344. The number of aryl methyl sites for hydroxylation is 2. The number of fused-ring (bicyclic) bond motifs is 2. The van der Waals surface area contributed by atoms with Gasteiger partial charge >= 0.3 is 5.69 Å². The van der Waals surface area contributed by atoms with Crippen molar-refractivity contribution in [1.29, 1.82) is 0 Å². The number of carbonyl (C=O) groups is 2. The predicted octanol–water partition coefficient (Wildman–Crippen LogP) is 5.09. The average molecular weight is 648 g/mol. The van der Waals surface area contributed by atoms with E-state index in [0.29, 0.717) is 28.0 Å². The van der Waals surface area contributed by atoms with Crippen LogP contribution in [0.4, 0.5) is 36.2 Å². The van der Waals surface area contributed by atoms with Gasteiger partial charge in [0.1, 0.15) is 11.9 Å². The lowest BCUT2D eigenvalue weighted by Gasteiger charge is -2.45. The number of carbonyl (C=O) groups excluding carboxylic acids is 2. The van der Waals surface area contributed by atoms with E-state index >= 15 is 13.2 Å². The molecule has 0 unspecified atom stereocenters. The van der Waals surface area contributed by atoms with Crippen molar-refractivity contribution in [2.75, 3.05) is 23.3 Å². The van der Waals surface area contributed by atoms with Crippen LogP contribution in [-0.2, 0) is 13.6 Å². The smallest absolute Gasteiger partial charge is 0.328 e. The van der Waals surface area contributed by atoms with Crippen molar-refractivity contribution in [1.82, 2.24) is 19.0 Å². The van der Waals surface area contributed by atoms with Gasteiger partial charge in [0.2, 0.25) is 5.69 Å². The quantitative estimate of drug-likeness (QED) is 0.212. The summed E-state index contributed by atoms with van der Waals surface area (Å²) in [6.07, 6.45) is 0.302. The van der Waals surface area contributed by atoms with Crippen LogP contribution in [0.15, 0.2) is 53.3 Å². The van der Waals surface area contributed by atoms with Crippen molar-refractivity contribution < 1.29 is 27.9 Å². The minimum Gasteiger partial charge on any atom is -0.390 e. The van der Waals surface area contributed by atoms with Crippen LogP contribution in [0.1, 0.15) is 47.9 Å². The first-order valence-corrected chi connectivity index (χ1v) is 15.0. The Kier molecular flexibility index (Phi) is 7.63. The first-order chi connectivity index (χ1) is 22.1. The second kappa shape index (κ2) is 11.3. The number of imidazole rings is 1. The van der Waals surface area contributed by atoms with Crippen molar-refractivity contribution in [3.05, 3.63) is 87.4 Å². The second-order valence-corrected chi connectivity index (χ2v) is 12.7. The van der Waals surface area contributed by atoms with Gasteiger partial charge in [-0.05, 0) is 56.7 Å². The molecule has 2 aliphatic rings. The highest BCUT2D eigenvalue weighted by Gasteiger charge is 2.57. The van der Waals surface area contributed by atoms with Gasteiger partial charge in [-0.15, -0.1) is 0 Å². The Hall–Kier alpha value is -5.16. The zero-order valence-corrected chi connectivity index (χ0v) is 26.1. The van der Waals surface area contributed by atoms with Gasteiger partial charge in [0.15, 0.2) is 11.6 Å². The van der Waals surface area contributed by atoms with Gasteiger partial charge in [0.05, 0.1) is 34.3 Å². The summed E-state index contributed by atoms with van der Waals surface area (Å²) in [5.41, 5.74) is 0.0236. The lowest BCUT2D eigenvalue weighted by Crippen LogP contribution is -2.63. The number of pyridine rings is 1. The number of piperidine rings is 1. The number of imide groups is 1. The van der Waals surface area contributed by atoms with Crippen LogP contribution >= 0.6 is 0 Å². The van der Waals surface area contributed by atoms with E-state index in [2.05, 4.69) is 15.1 Å². The Morgan fingerprint density at radius 1 is 1.06 bits per heavy atom. The number of hydrogen-bond acceptors (Lipinski definition) is 7. The van der Waals surface area contributed by atoms with E-state index in [1.807, 2.05) is 0 Å². The van der Waals surface area contributed by atoms with Crippen molar-refractivity contribution in [2.45, 2.75) is 51.3 Å². The molecule has 2 aromatic heterocycles. The van der Waals surface area contributed by atoms with Gasteiger partial charge < -0.3 is 15.3 Å². The first-order valence-electron chi connectivity index (χ1n) is 15.0. The largest absolute Gasteiger partial charge is 0.390 e. The summed E-state index contributed by atoms with van der Waals surface area (Å²) in [6.45, 7) is 11.6. The minimum atomic E-state index is -3.46. The highest BCUT2D eigenvalue weighted by Crippen LogP contribution is 2.43. The van der Waals surface area contributed by atoms with Gasteiger partial charge in [0.25, 0.3) is 17.7 Å². The van der Waals surface area contributed by atoms with Gasteiger partial charge in [-0.3, -0.25) is 23.6 Å². The molecule has 4 heterocycles. The van der Waals surface area contributed by atoms with E-state index in [0.717, 1.165) is 6.07 Å². The fourth-order valence-electron chi connectivity index (χ4n) is 6.20. The number of nitrogens with one attached hydrogen (secondary N) is 1. The zero-order valence-electron chi connectivity index (χ0n) is 26.1. The van der Waals surface area contributed by atoms with E-state index in [1.165, 1.54) is 33.1 Å². The van der Waals surface area contributed by atoms with Gasteiger partial charge in [-0.2, -0.15) is 0 Å². The Morgan fingerprint density at radius 2 is 1.72 bits per heavy atom. The molecule has 47 heavy (non-hydrogen) atoms. The number of amides is 2. The average Bonchev–Trinajstić information content (AvgIpc) is 3.41. The number of aliphatic hydroxyl groups is 1. The maximum Gasteiger partial charge on any atom is 0.328 e. The molecule has 0 saturated carbocycles. The van der Waals surface area contributed by atoms with Crippen molar-refractivity contribution in [2.24, 2.45) is 13.0 Å². The Bertz CT molecular complexity index is 2010. The molecule has 1 saturated heterocycles. The SMILES string of the molecule is [C-]#[N+]c1cc(F)c(Nc2ccc3c(c2)n(CCC(C)(C)O)c(=O)n3C)nc1N1C[C@H](C)C(F)(F)[C@H](N2C(=O)c3ccccc3C2=O)C1. The molecule has 2 atom stereocenters. The third kappa shape index (κ3) is 5.40. The number of anilines is 3. The summed E-state index contributed by atoms with van der Waals surface area (Å²) in [7, 11) is 1.62. The van der Waals surface area contributed by atoms with Crippen LogP contribution in [0, 0.1) is 18.3 Å². The summed E-state index contributed by atoms with van der Waals surface area (Å²) in [5.74, 6) is -7.75. The van der Waals surface area contributed by atoms with Crippen LogP contribution in [0.2, 0.25) is 0 Å². The topological polar surface area (TPSA) is 117 Å². The molecule has 244 valence electrons. The fourth-order valence-corrected chi connectivity index (χ4v) is 6.20.